The van der Waals surface area contributed by atoms with E-state index in [2.05, 4.69) is 0 Å². The zero-order valence-electron chi connectivity index (χ0n) is 12.7. The minimum absolute atomic E-state index is 0.00216. The quantitative estimate of drug-likeness (QED) is 0.786. The highest BCUT2D eigenvalue weighted by Crippen LogP contribution is 2.33. The van der Waals surface area contributed by atoms with E-state index in [4.69, 9.17) is 11.6 Å². The van der Waals surface area contributed by atoms with Crippen LogP contribution in [0, 0.1) is 0 Å². The molecule has 1 amide bonds. The maximum Gasteiger partial charge on any atom is 0.471 e. The number of alkyl halides is 3. The van der Waals surface area contributed by atoms with Crippen LogP contribution in [0.1, 0.15) is 21.5 Å². The van der Waals surface area contributed by atoms with Crippen molar-refractivity contribution >= 4 is 35.1 Å². The van der Waals surface area contributed by atoms with Gasteiger partial charge < -0.3 is 5.32 Å². The molecule has 1 aliphatic carbocycles. The maximum atomic E-state index is 12.4. The first-order valence-corrected chi connectivity index (χ1v) is 7.64. The number of ketones is 1. The summed E-state index contributed by atoms with van der Waals surface area (Å²) in [4.78, 5) is 23.4. The Balaban J connectivity index is 1.86. The van der Waals surface area contributed by atoms with Crippen molar-refractivity contribution in [3.05, 3.63) is 69.8 Å². The normalized spacial score (nSPS) is 15.4. The molecule has 0 atom stereocenters. The second kappa shape index (κ2) is 6.37. The number of carbonyl (C=O) groups excluding carboxylic acids is 2. The summed E-state index contributed by atoms with van der Waals surface area (Å²) in [6.07, 6.45) is -3.02. The number of halogens is 4. The first kappa shape index (κ1) is 17.2. The van der Waals surface area contributed by atoms with Crippen LogP contribution in [0.25, 0.3) is 6.08 Å². The summed E-state index contributed by atoms with van der Waals surface area (Å²) >= 11 is 6.10. The number of fused-ring (bicyclic) bond motifs is 1. The van der Waals surface area contributed by atoms with E-state index in [0.717, 1.165) is 5.56 Å². The van der Waals surface area contributed by atoms with Gasteiger partial charge in [0.05, 0.1) is 0 Å². The number of rotatable bonds is 2. The van der Waals surface area contributed by atoms with Gasteiger partial charge in [-0.3, -0.25) is 9.59 Å². The fourth-order valence-electron chi connectivity index (χ4n) is 2.62. The van der Waals surface area contributed by atoms with Crippen LogP contribution in [-0.4, -0.2) is 17.9 Å². The maximum absolute atomic E-state index is 12.4. The highest BCUT2D eigenvalue weighted by molar-refractivity contribution is 6.33. The zero-order chi connectivity index (χ0) is 18.2. The van der Waals surface area contributed by atoms with Gasteiger partial charge in [0.1, 0.15) is 0 Å². The van der Waals surface area contributed by atoms with Gasteiger partial charge in [0.15, 0.2) is 5.78 Å². The lowest BCUT2D eigenvalue weighted by molar-refractivity contribution is -0.167. The lowest BCUT2D eigenvalue weighted by Crippen LogP contribution is -2.29. The topological polar surface area (TPSA) is 46.2 Å². The Hall–Kier alpha value is -2.60. The molecule has 128 valence electrons. The van der Waals surface area contributed by atoms with Gasteiger partial charge in [0.25, 0.3) is 0 Å². The Bertz CT molecular complexity index is 903. The summed E-state index contributed by atoms with van der Waals surface area (Å²) in [6, 6.07) is 10.9. The number of hydrogen-bond donors (Lipinski definition) is 1. The number of carbonyl (C=O) groups is 2. The summed E-state index contributed by atoms with van der Waals surface area (Å²) < 4.78 is 37.0. The van der Waals surface area contributed by atoms with Crippen molar-refractivity contribution in [2.75, 3.05) is 5.32 Å². The highest BCUT2D eigenvalue weighted by atomic mass is 35.5. The van der Waals surface area contributed by atoms with E-state index < -0.39 is 12.1 Å². The Kier molecular flexibility index (Phi) is 4.39. The highest BCUT2D eigenvalue weighted by Gasteiger charge is 2.38. The standard InChI is InChI=1S/C18H11ClF3NO2/c19-15-6-2-5-13-14(15)9-11(16(13)24)7-10-3-1-4-12(8-10)23-17(25)18(20,21)22/h1-8H,9H2,(H,23,25)/b11-7-. The molecule has 0 unspecified atom stereocenters. The third kappa shape index (κ3) is 3.58. The molecule has 2 aromatic carbocycles. The number of amides is 1. The third-order valence-electron chi connectivity index (χ3n) is 3.77. The van der Waals surface area contributed by atoms with E-state index >= 15 is 0 Å². The summed E-state index contributed by atoms with van der Waals surface area (Å²) in [5, 5.41) is 2.29. The molecule has 0 fully saturated rings. The van der Waals surface area contributed by atoms with Crippen LogP contribution in [0.2, 0.25) is 5.02 Å². The SMILES string of the molecule is O=C1/C(=C\c2cccc(NC(=O)C(F)(F)F)c2)Cc2c(Cl)cccc21. The molecule has 7 heteroatoms. The van der Waals surface area contributed by atoms with Crippen LogP contribution >= 0.6 is 11.6 Å². The van der Waals surface area contributed by atoms with Crippen LogP contribution in [0.15, 0.2) is 48.0 Å². The lowest BCUT2D eigenvalue weighted by Gasteiger charge is -2.08. The molecule has 0 spiro atoms. The number of allylic oxidation sites excluding steroid dienone is 1. The minimum Gasteiger partial charge on any atom is -0.318 e. The average Bonchev–Trinajstić information content (AvgIpc) is 2.85. The van der Waals surface area contributed by atoms with Crippen molar-refractivity contribution in [1.29, 1.82) is 0 Å². The fraction of sp³-hybridized carbons (Fsp3) is 0.111. The Morgan fingerprint density at radius 1 is 1.16 bits per heavy atom. The van der Waals surface area contributed by atoms with E-state index in [1.807, 2.05) is 0 Å². The average molecular weight is 366 g/mol. The molecule has 0 bridgehead atoms. The van der Waals surface area contributed by atoms with Gasteiger partial charge in [0, 0.05) is 28.3 Å². The van der Waals surface area contributed by atoms with Gasteiger partial charge in [0.2, 0.25) is 0 Å². The predicted molar refractivity (Wildman–Crippen MR) is 88.6 cm³/mol. The van der Waals surface area contributed by atoms with Crippen LogP contribution in [-0.2, 0) is 11.2 Å². The summed E-state index contributed by atoms with van der Waals surface area (Å²) in [6.45, 7) is 0. The smallest absolute Gasteiger partial charge is 0.318 e. The molecule has 2 aromatic rings. The molecule has 3 nitrogen and oxygen atoms in total. The molecular formula is C18H11ClF3NO2. The van der Waals surface area contributed by atoms with Crippen LogP contribution in [0.4, 0.5) is 18.9 Å². The molecule has 0 radical (unpaired) electrons. The molecule has 0 aromatic heterocycles. The van der Waals surface area contributed by atoms with Crippen molar-refractivity contribution in [1.82, 2.24) is 0 Å². The first-order valence-electron chi connectivity index (χ1n) is 7.26. The van der Waals surface area contributed by atoms with E-state index in [0.29, 0.717) is 28.1 Å². The monoisotopic (exact) mass is 365 g/mol. The molecule has 0 saturated carbocycles. The van der Waals surface area contributed by atoms with Crippen LogP contribution in [0.3, 0.4) is 0 Å². The molecular weight excluding hydrogens is 355 g/mol. The first-order chi connectivity index (χ1) is 11.8. The Labute approximate surface area is 146 Å². The second-order valence-corrected chi connectivity index (χ2v) is 5.93. The van der Waals surface area contributed by atoms with Gasteiger partial charge in [-0.2, -0.15) is 13.2 Å². The Morgan fingerprint density at radius 3 is 2.56 bits per heavy atom. The molecule has 0 heterocycles. The van der Waals surface area contributed by atoms with Gasteiger partial charge >= 0.3 is 12.1 Å². The van der Waals surface area contributed by atoms with Gasteiger partial charge in [-0.05, 0) is 35.4 Å². The van der Waals surface area contributed by atoms with E-state index in [-0.39, 0.29) is 11.5 Å². The molecule has 1 N–H and O–H groups in total. The van der Waals surface area contributed by atoms with Crippen LogP contribution < -0.4 is 5.32 Å². The Morgan fingerprint density at radius 2 is 1.88 bits per heavy atom. The van der Waals surface area contributed by atoms with Gasteiger partial charge in [-0.1, -0.05) is 35.9 Å². The summed E-state index contributed by atoms with van der Waals surface area (Å²) in [7, 11) is 0. The van der Waals surface area contributed by atoms with Gasteiger partial charge in [-0.15, -0.1) is 0 Å². The van der Waals surface area contributed by atoms with Crippen molar-refractivity contribution in [2.24, 2.45) is 0 Å². The molecule has 25 heavy (non-hydrogen) atoms. The van der Waals surface area contributed by atoms with Gasteiger partial charge in [-0.25, -0.2) is 0 Å². The van der Waals surface area contributed by atoms with E-state index in [9.17, 15) is 22.8 Å². The van der Waals surface area contributed by atoms with Crippen molar-refractivity contribution < 1.29 is 22.8 Å². The number of Topliss-reactive ketones (excluding diaryl/α,β-unsaturated/α-hetero) is 1. The fourth-order valence-corrected chi connectivity index (χ4v) is 2.86. The number of hydrogen-bond acceptors (Lipinski definition) is 2. The molecule has 0 aliphatic heterocycles. The van der Waals surface area contributed by atoms with Crippen molar-refractivity contribution in [3.8, 4) is 0 Å². The predicted octanol–water partition coefficient (Wildman–Crippen LogP) is 4.66. The third-order valence-corrected chi connectivity index (χ3v) is 4.12. The summed E-state index contributed by atoms with van der Waals surface area (Å²) in [5.74, 6) is -2.21. The largest absolute Gasteiger partial charge is 0.471 e. The van der Waals surface area contributed by atoms with E-state index in [1.165, 1.54) is 18.2 Å². The van der Waals surface area contributed by atoms with Crippen LogP contribution in [0.5, 0.6) is 0 Å². The number of anilines is 1. The van der Waals surface area contributed by atoms with Crippen molar-refractivity contribution in [2.45, 2.75) is 12.6 Å². The molecule has 0 saturated heterocycles. The summed E-state index contributed by atoms with van der Waals surface area (Å²) in [5.41, 5.74) is 2.26. The van der Waals surface area contributed by atoms with E-state index in [1.54, 1.807) is 35.7 Å². The minimum atomic E-state index is -4.96. The van der Waals surface area contributed by atoms with Crippen molar-refractivity contribution in [3.63, 3.8) is 0 Å². The molecule has 1 aliphatic rings. The second-order valence-electron chi connectivity index (χ2n) is 5.52. The number of nitrogens with one attached hydrogen (secondary N) is 1. The lowest BCUT2D eigenvalue weighted by atomic mass is 10.1. The molecule has 3 rings (SSSR count). The number of benzene rings is 2. The zero-order valence-corrected chi connectivity index (χ0v) is 13.4.